The van der Waals surface area contributed by atoms with E-state index in [1.807, 2.05) is 0 Å². The molecule has 0 unspecified atom stereocenters. The Balaban J connectivity index is 2.68. The fourth-order valence-electron chi connectivity index (χ4n) is 1.54. The van der Waals surface area contributed by atoms with Gasteiger partial charge in [0.05, 0.1) is 15.0 Å². The lowest BCUT2D eigenvalue weighted by Crippen LogP contribution is -1.94. The van der Waals surface area contributed by atoms with Gasteiger partial charge in [-0.25, -0.2) is 4.39 Å². The molecular weight excluding hydrogens is 289 g/mol. The maximum absolute atomic E-state index is 13.4. The van der Waals surface area contributed by atoms with Gasteiger partial charge in [-0.2, -0.15) is 0 Å². The maximum atomic E-state index is 13.4. The summed E-state index contributed by atoms with van der Waals surface area (Å²) in [6, 6.07) is 11.0. The number of nitro groups is 1. The van der Waals surface area contributed by atoms with Gasteiger partial charge in [-0.05, 0) is 27.6 Å². The average molecular weight is 296 g/mol. The fraction of sp³-hybridized carbons (Fsp3) is 0. The molecule has 0 aliphatic rings. The van der Waals surface area contributed by atoms with Gasteiger partial charge in [0.1, 0.15) is 5.82 Å². The summed E-state index contributed by atoms with van der Waals surface area (Å²) in [6.07, 6.45) is 0. The molecule has 3 nitrogen and oxygen atoms in total. The molecule has 0 saturated heterocycles. The van der Waals surface area contributed by atoms with Gasteiger partial charge in [0.2, 0.25) is 0 Å². The average Bonchev–Trinajstić information content (AvgIpc) is 2.33. The van der Waals surface area contributed by atoms with E-state index in [0.717, 1.165) is 6.07 Å². The SMILES string of the molecule is O=[N+]([O-])c1cc(Br)c(F)cc1-c1ccccc1. The number of hydrogen-bond acceptors (Lipinski definition) is 2. The summed E-state index contributed by atoms with van der Waals surface area (Å²) in [5, 5.41) is 10.9. The van der Waals surface area contributed by atoms with Crippen LogP contribution >= 0.6 is 15.9 Å². The summed E-state index contributed by atoms with van der Waals surface area (Å²) in [5.74, 6) is -0.519. The highest BCUT2D eigenvalue weighted by molar-refractivity contribution is 9.10. The molecule has 17 heavy (non-hydrogen) atoms. The number of hydrogen-bond donors (Lipinski definition) is 0. The van der Waals surface area contributed by atoms with Crippen LogP contribution in [0.3, 0.4) is 0 Å². The summed E-state index contributed by atoms with van der Waals surface area (Å²) < 4.78 is 13.5. The molecule has 86 valence electrons. The van der Waals surface area contributed by atoms with Crippen LogP contribution in [0.2, 0.25) is 0 Å². The van der Waals surface area contributed by atoms with Crippen LogP contribution in [0.15, 0.2) is 46.9 Å². The molecule has 0 aliphatic heterocycles. The Hall–Kier alpha value is -1.75. The van der Waals surface area contributed by atoms with Gasteiger partial charge in [0.15, 0.2) is 0 Å². The van der Waals surface area contributed by atoms with Crippen molar-refractivity contribution in [3.8, 4) is 11.1 Å². The Morgan fingerprint density at radius 3 is 2.41 bits per heavy atom. The van der Waals surface area contributed by atoms with Crippen molar-refractivity contribution in [1.29, 1.82) is 0 Å². The van der Waals surface area contributed by atoms with Gasteiger partial charge in [0, 0.05) is 6.07 Å². The first-order valence-electron chi connectivity index (χ1n) is 4.78. The maximum Gasteiger partial charge on any atom is 0.278 e. The van der Waals surface area contributed by atoms with Crippen LogP contribution in [0, 0.1) is 15.9 Å². The zero-order valence-electron chi connectivity index (χ0n) is 8.56. The molecule has 0 aromatic heterocycles. The van der Waals surface area contributed by atoms with Crippen molar-refractivity contribution >= 4 is 21.6 Å². The Bertz CT molecular complexity index is 572. The van der Waals surface area contributed by atoms with Gasteiger partial charge < -0.3 is 0 Å². The third-order valence-corrected chi connectivity index (χ3v) is 2.93. The zero-order valence-corrected chi connectivity index (χ0v) is 10.1. The lowest BCUT2D eigenvalue weighted by atomic mass is 10.0. The van der Waals surface area contributed by atoms with Gasteiger partial charge in [-0.15, -0.1) is 0 Å². The van der Waals surface area contributed by atoms with Crippen LogP contribution in [0.25, 0.3) is 11.1 Å². The number of halogens is 2. The van der Waals surface area contributed by atoms with Crippen molar-refractivity contribution in [1.82, 2.24) is 0 Å². The lowest BCUT2D eigenvalue weighted by molar-refractivity contribution is -0.384. The van der Waals surface area contributed by atoms with Crippen molar-refractivity contribution in [3.63, 3.8) is 0 Å². The summed E-state index contributed by atoms with van der Waals surface area (Å²) in [6.45, 7) is 0. The third kappa shape index (κ3) is 2.34. The zero-order chi connectivity index (χ0) is 12.4. The van der Waals surface area contributed by atoms with E-state index >= 15 is 0 Å². The summed E-state index contributed by atoms with van der Waals surface area (Å²) in [4.78, 5) is 10.4. The fourth-order valence-corrected chi connectivity index (χ4v) is 1.87. The van der Waals surface area contributed by atoms with E-state index in [0.29, 0.717) is 5.56 Å². The van der Waals surface area contributed by atoms with E-state index in [9.17, 15) is 14.5 Å². The van der Waals surface area contributed by atoms with Crippen LogP contribution in [-0.4, -0.2) is 4.92 Å². The second-order valence-electron chi connectivity index (χ2n) is 3.41. The molecule has 0 radical (unpaired) electrons. The molecule has 2 aromatic rings. The molecule has 0 saturated carbocycles. The van der Waals surface area contributed by atoms with E-state index in [1.54, 1.807) is 30.3 Å². The second-order valence-corrected chi connectivity index (χ2v) is 4.26. The van der Waals surface area contributed by atoms with Crippen LogP contribution in [0.1, 0.15) is 0 Å². The predicted molar refractivity (Wildman–Crippen MR) is 66.2 cm³/mol. The van der Waals surface area contributed by atoms with Crippen molar-refractivity contribution in [3.05, 3.63) is 62.9 Å². The van der Waals surface area contributed by atoms with Gasteiger partial charge in [0.25, 0.3) is 5.69 Å². The minimum Gasteiger partial charge on any atom is -0.258 e. The second kappa shape index (κ2) is 4.63. The first-order chi connectivity index (χ1) is 8.09. The molecule has 0 N–H and O–H groups in total. The summed E-state index contributed by atoms with van der Waals surface area (Å²) in [5.41, 5.74) is 0.770. The molecular formula is C12H7BrFNO2. The van der Waals surface area contributed by atoms with Gasteiger partial charge in [-0.1, -0.05) is 30.3 Å². The largest absolute Gasteiger partial charge is 0.278 e. The Morgan fingerprint density at radius 1 is 1.18 bits per heavy atom. The van der Waals surface area contributed by atoms with E-state index in [4.69, 9.17) is 0 Å². The molecule has 0 amide bonds. The van der Waals surface area contributed by atoms with Crippen LogP contribution in [0.4, 0.5) is 10.1 Å². The highest BCUT2D eigenvalue weighted by Gasteiger charge is 2.18. The monoisotopic (exact) mass is 295 g/mol. The smallest absolute Gasteiger partial charge is 0.258 e. The first kappa shape index (κ1) is 11.7. The topological polar surface area (TPSA) is 43.1 Å². The molecule has 2 aromatic carbocycles. The van der Waals surface area contributed by atoms with Gasteiger partial charge >= 0.3 is 0 Å². The standard InChI is InChI=1S/C12H7BrFNO2/c13-10-7-12(15(16)17)9(6-11(10)14)8-4-2-1-3-5-8/h1-7H. The molecule has 0 aliphatic carbocycles. The quantitative estimate of drug-likeness (QED) is 0.617. The molecule has 0 fully saturated rings. The molecule has 5 heteroatoms. The van der Waals surface area contributed by atoms with Crippen molar-refractivity contribution in [2.75, 3.05) is 0 Å². The lowest BCUT2D eigenvalue weighted by Gasteiger charge is -2.04. The first-order valence-corrected chi connectivity index (χ1v) is 5.58. The van der Waals surface area contributed by atoms with Gasteiger partial charge in [-0.3, -0.25) is 10.1 Å². The molecule has 0 spiro atoms. The van der Waals surface area contributed by atoms with Crippen LogP contribution in [-0.2, 0) is 0 Å². The van der Waals surface area contributed by atoms with E-state index in [1.165, 1.54) is 6.07 Å². The highest BCUT2D eigenvalue weighted by Crippen LogP contribution is 2.33. The minimum atomic E-state index is -0.521. The summed E-state index contributed by atoms with van der Waals surface area (Å²) in [7, 11) is 0. The minimum absolute atomic E-state index is 0.0869. The Kier molecular flexibility index (Phi) is 3.19. The van der Waals surface area contributed by atoms with Crippen LogP contribution in [0.5, 0.6) is 0 Å². The van der Waals surface area contributed by atoms with Crippen molar-refractivity contribution in [2.45, 2.75) is 0 Å². The third-order valence-electron chi connectivity index (χ3n) is 2.32. The van der Waals surface area contributed by atoms with E-state index < -0.39 is 10.7 Å². The molecule has 0 atom stereocenters. The normalized spacial score (nSPS) is 10.2. The van der Waals surface area contributed by atoms with E-state index in [-0.39, 0.29) is 15.7 Å². The van der Waals surface area contributed by atoms with E-state index in [2.05, 4.69) is 15.9 Å². The highest BCUT2D eigenvalue weighted by atomic mass is 79.9. The number of rotatable bonds is 2. The Morgan fingerprint density at radius 2 is 1.82 bits per heavy atom. The Labute approximate surface area is 105 Å². The molecule has 0 bridgehead atoms. The molecule has 2 rings (SSSR count). The van der Waals surface area contributed by atoms with Crippen molar-refractivity contribution < 1.29 is 9.31 Å². The summed E-state index contributed by atoms with van der Waals surface area (Å²) >= 11 is 2.94. The number of nitro benzene ring substituents is 1. The predicted octanol–water partition coefficient (Wildman–Crippen LogP) is 4.16. The molecule has 0 heterocycles. The number of nitrogens with zero attached hydrogens (tertiary/aromatic N) is 1. The number of benzene rings is 2. The van der Waals surface area contributed by atoms with Crippen LogP contribution < -0.4 is 0 Å². The van der Waals surface area contributed by atoms with Crippen molar-refractivity contribution in [2.24, 2.45) is 0 Å².